The van der Waals surface area contributed by atoms with Gasteiger partial charge in [-0.2, -0.15) is 5.10 Å². The van der Waals surface area contributed by atoms with Crippen LogP contribution in [0, 0.1) is 17.6 Å². The van der Waals surface area contributed by atoms with Gasteiger partial charge in [0.2, 0.25) is 5.91 Å². The Bertz CT molecular complexity index is 984. The predicted molar refractivity (Wildman–Crippen MR) is 105 cm³/mol. The molecule has 2 unspecified atom stereocenters. The normalized spacial score (nSPS) is 23.5. The molecular weight excluding hydrogens is 358 g/mol. The maximum absolute atomic E-state index is 14.5. The molecule has 2 aliphatic rings. The lowest BCUT2D eigenvalue weighted by molar-refractivity contribution is -0.137. The molecule has 0 aromatic heterocycles. The molecule has 1 heterocycles. The number of carbonyl (C=O) groups excluding carboxylic acids is 1. The molecule has 2 aromatic rings. The van der Waals surface area contributed by atoms with E-state index in [1.165, 1.54) is 17.5 Å². The number of fused-ring (bicyclic) bond motifs is 2. The summed E-state index contributed by atoms with van der Waals surface area (Å²) in [6.45, 7) is 5.36. The molecule has 2 atom stereocenters. The molecule has 3 nitrogen and oxygen atoms in total. The van der Waals surface area contributed by atoms with Crippen LogP contribution in [0.4, 0.5) is 8.78 Å². The van der Waals surface area contributed by atoms with Crippen molar-refractivity contribution in [3.8, 4) is 0 Å². The predicted octanol–water partition coefficient (Wildman–Crippen LogP) is 4.96. The summed E-state index contributed by atoms with van der Waals surface area (Å²) in [6.07, 6.45) is 4.71. The number of amides is 1. The third kappa shape index (κ3) is 2.77. The molecule has 28 heavy (non-hydrogen) atoms. The molecule has 5 heteroatoms. The minimum Gasteiger partial charge on any atom is -0.273 e. The van der Waals surface area contributed by atoms with Gasteiger partial charge in [-0.25, -0.2) is 13.8 Å². The number of halogens is 2. The Balaban J connectivity index is 1.90. The molecule has 1 aliphatic heterocycles. The van der Waals surface area contributed by atoms with Crippen molar-refractivity contribution in [2.24, 2.45) is 11.0 Å². The topological polar surface area (TPSA) is 32.7 Å². The minimum atomic E-state index is -0.705. The van der Waals surface area contributed by atoms with E-state index in [0.29, 0.717) is 18.6 Å². The molecule has 0 fully saturated rings. The molecule has 2 aromatic carbocycles. The van der Waals surface area contributed by atoms with Gasteiger partial charge in [-0.1, -0.05) is 30.3 Å². The van der Waals surface area contributed by atoms with Gasteiger partial charge in [-0.15, -0.1) is 6.58 Å². The summed E-state index contributed by atoms with van der Waals surface area (Å²) in [5.74, 6) is -1.18. The molecule has 144 valence electrons. The highest BCUT2D eigenvalue weighted by Crippen LogP contribution is 2.51. The highest BCUT2D eigenvalue weighted by atomic mass is 19.1. The molecule has 1 amide bonds. The first-order valence-electron chi connectivity index (χ1n) is 9.50. The molecular formula is C23H22F2N2O. The zero-order valence-electron chi connectivity index (χ0n) is 15.8. The van der Waals surface area contributed by atoms with E-state index in [2.05, 4.69) is 17.7 Å². The van der Waals surface area contributed by atoms with E-state index in [0.717, 1.165) is 36.6 Å². The van der Waals surface area contributed by atoms with Crippen molar-refractivity contribution < 1.29 is 13.6 Å². The Morgan fingerprint density at radius 2 is 2.11 bits per heavy atom. The van der Waals surface area contributed by atoms with E-state index in [1.54, 1.807) is 0 Å². The molecule has 0 saturated heterocycles. The second-order valence-electron chi connectivity index (χ2n) is 7.52. The summed E-state index contributed by atoms with van der Waals surface area (Å²) in [5, 5.41) is 6.03. The van der Waals surface area contributed by atoms with Crippen molar-refractivity contribution in [3.05, 3.63) is 83.4 Å². The number of hydrogen-bond acceptors (Lipinski definition) is 2. The Labute approximate surface area is 163 Å². The number of allylic oxidation sites excluding steroid dienone is 1. The van der Waals surface area contributed by atoms with Crippen LogP contribution in [0.2, 0.25) is 0 Å². The smallest absolute Gasteiger partial charge is 0.240 e. The average molecular weight is 380 g/mol. The lowest BCUT2D eigenvalue weighted by Gasteiger charge is -2.46. The Morgan fingerprint density at radius 1 is 1.32 bits per heavy atom. The van der Waals surface area contributed by atoms with Crippen molar-refractivity contribution in [2.75, 3.05) is 0 Å². The molecule has 4 rings (SSSR count). The van der Waals surface area contributed by atoms with E-state index in [9.17, 15) is 13.6 Å². The van der Waals surface area contributed by atoms with Crippen LogP contribution in [-0.2, 0) is 16.8 Å². The lowest BCUT2D eigenvalue weighted by Crippen LogP contribution is -2.50. The number of hydrogen-bond donors (Lipinski definition) is 0. The van der Waals surface area contributed by atoms with E-state index in [4.69, 9.17) is 0 Å². The van der Waals surface area contributed by atoms with Crippen molar-refractivity contribution in [1.82, 2.24) is 5.01 Å². The number of hydrazone groups is 1. The monoisotopic (exact) mass is 380 g/mol. The summed E-state index contributed by atoms with van der Waals surface area (Å²) in [6, 6.07) is 11.4. The van der Waals surface area contributed by atoms with Gasteiger partial charge in [-0.05, 0) is 54.5 Å². The van der Waals surface area contributed by atoms with E-state index >= 15 is 0 Å². The van der Waals surface area contributed by atoms with Crippen LogP contribution in [0.1, 0.15) is 42.9 Å². The molecule has 0 bridgehead atoms. The molecule has 1 spiro atoms. The molecule has 1 aliphatic carbocycles. The summed E-state index contributed by atoms with van der Waals surface area (Å²) >= 11 is 0. The van der Waals surface area contributed by atoms with Crippen LogP contribution in [0.3, 0.4) is 0 Å². The Hall–Kier alpha value is -2.82. The number of nitrogens with zero attached hydrogens (tertiary/aromatic N) is 2. The zero-order chi connectivity index (χ0) is 19.9. The van der Waals surface area contributed by atoms with E-state index in [-0.39, 0.29) is 17.4 Å². The minimum absolute atomic E-state index is 0.0988. The maximum atomic E-state index is 14.5. The van der Waals surface area contributed by atoms with Gasteiger partial charge < -0.3 is 0 Å². The summed E-state index contributed by atoms with van der Waals surface area (Å²) in [5.41, 5.74) is 2.02. The first kappa shape index (κ1) is 18.5. The van der Waals surface area contributed by atoms with Gasteiger partial charge >= 0.3 is 0 Å². The number of benzene rings is 2. The van der Waals surface area contributed by atoms with Crippen LogP contribution in [-0.4, -0.2) is 16.6 Å². The van der Waals surface area contributed by atoms with Crippen LogP contribution < -0.4 is 0 Å². The highest BCUT2D eigenvalue weighted by Gasteiger charge is 2.53. The van der Waals surface area contributed by atoms with Crippen LogP contribution >= 0.6 is 0 Å². The fraction of sp³-hybridized carbons (Fsp3) is 0.304. The molecule has 0 saturated carbocycles. The summed E-state index contributed by atoms with van der Waals surface area (Å²) < 4.78 is 28.3. The van der Waals surface area contributed by atoms with Crippen molar-refractivity contribution >= 4 is 11.6 Å². The van der Waals surface area contributed by atoms with Gasteiger partial charge in [0.15, 0.2) is 0 Å². The highest BCUT2D eigenvalue weighted by molar-refractivity contribution is 6.04. The molecule has 0 radical (unpaired) electrons. The molecule has 0 N–H and O–H groups in total. The van der Waals surface area contributed by atoms with Crippen LogP contribution in [0.5, 0.6) is 0 Å². The number of aryl methyl sites for hydroxylation is 1. The third-order valence-electron chi connectivity index (χ3n) is 5.95. The zero-order valence-corrected chi connectivity index (χ0v) is 15.8. The standard InChI is InChI=1S/C23H22F2N2O/c1-3-6-17-10-9-16-7-4-5-8-20(16)23(17)14-22(26-27(23)15(2)28)19-13-18(24)11-12-21(19)25/h3-5,7-8,11-13,17H,1,6,9-10,14H2,2H3. The fourth-order valence-electron chi connectivity index (χ4n) is 4.78. The van der Waals surface area contributed by atoms with Gasteiger partial charge in [0.25, 0.3) is 0 Å². The second kappa shape index (κ2) is 6.97. The largest absolute Gasteiger partial charge is 0.273 e. The Morgan fingerprint density at radius 3 is 2.86 bits per heavy atom. The summed E-state index contributed by atoms with van der Waals surface area (Å²) in [4.78, 5) is 12.6. The van der Waals surface area contributed by atoms with Crippen LogP contribution in [0.25, 0.3) is 0 Å². The van der Waals surface area contributed by atoms with Crippen molar-refractivity contribution in [1.29, 1.82) is 0 Å². The average Bonchev–Trinajstić information content (AvgIpc) is 3.08. The van der Waals surface area contributed by atoms with Gasteiger partial charge in [0.1, 0.15) is 17.2 Å². The van der Waals surface area contributed by atoms with Gasteiger partial charge in [-0.3, -0.25) is 4.79 Å². The second-order valence-corrected chi connectivity index (χ2v) is 7.52. The van der Waals surface area contributed by atoms with E-state index in [1.807, 2.05) is 24.3 Å². The van der Waals surface area contributed by atoms with Gasteiger partial charge in [0.05, 0.1) is 5.71 Å². The van der Waals surface area contributed by atoms with Crippen molar-refractivity contribution in [2.45, 2.75) is 38.1 Å². The van der Waals surface area contributed by atoms with E-state index < -0.39 is 17.2 Å². The maximum Gasteiger partial charge on any atom is 0.240 e. The number of carbonyl (C=O) groups is 1. The summed E-state index contributed by atoms with van der Waals surface area (Å²) in [7, 11) is 0. The van der Waals surface area contributed by atoms with Gasteiger partial charge in [0, 0.05) is 18.9 Å². The lowest BCUT2D eigenvalue weighted by atomic mass is 9.65. The number of rotatable bonds is 3. The first-order valence-corrected chi connectivity index (χ1v) is 9.50. The Kier molecular flexibility index (Phi) is 4.61. The fourth-order valence-corrected chi connectivity index (χ4v) is 4.78. The third-order valence-corrected chi connectivity index (χ3v) is 5.95. The van der Waals surface area contributed by atoms with Crippen LogP contribution in [0.15, 0.2) is 60.2 Å². The SMILES string of the molecule is C=CCC1CCc2ccccc2C12CC(c1cc(F)ccc1F)=NN2C(C)=O. The van der Waals surface area contributed by atoms with Crippen molar-refractivity contribution in [3.63, 3.8) is 0 Å². The quantitative estimate of drug-likeness (QED) is 0.693. The first-order chi connectivity index (χ1) is 13.5.